The second-order valence-corrected chi connectivity index (χ2v) is 7.12. The van der Waals surface area contributed by atoms with Crippen LogP contribution in [-0.4, -0.2) is 33.8 Å². The topological polar surface area (TPSA) is 72.5 Å². The van der Waals surface area contributed by atoms with Gasteiger partial charge in [0.25, 0.3) is 0 Å². The van der Waals surface area contributed by atoms with Gasteiger partial charge < -0.3 is 4.74 Å². The SMILES string of the molecule is CCCCS(=O)(=O)NCC1CCCCC1C(=O)OC. The minimum Gasteiger partial charge on any atom is -0.469 e. The molecule has 0 spiro atoms. The minimum atomic E-state index is -3.20. The number of rotatable bonds is 7. The molecule has 19 heavy (non-hydrogen) atoms. The number of unbranched alkanes of at least 4 members (excludes halogenated alkanes) is 1. The molecule has 0 aliphatic heterocycles. The highest BCUT2D eigenvalue weighted by Crippen LogP contribution is 2.30. The number of carbonyl (C=O) groups excluding carboxylic acids is 1. The van der Waals surface area contributed by atoms with E-state index in [4.69, 9.17) is 4.74 Å². The van der Waals surface area contributed by atoms with Crippen molar-refractivity contribution < 1.29 is 17.9 Å². The summed E-state index contributed by atoms with van der Waals surface area (Å²) in [5.41, 5.74) is 0. The highest BCUT2D eigenvalue weighted by atomic mass is 32.2. The van der Waals surface area contributed by atoms with Crippen LogP contribution < -0.4 is 4.72 Å². The average molecular weight is 291 g/mol. The maximum Gasteiger partial charge on any atom is 0.308 e. The second-order valence-electron chi connectivity index (χ2n) is 5.20. The van der Waals surface area contributed by atoms with E-state index in [-0.39, 0.29) is 23.6 Å². The van der Waals surface area contributed by atoms with Gasteiger partial charge >= 0.3 is 5.97 Å². The van der Waals surface area contributed by atoms with E-state index in [2.05, 4.69) is 4.72 Å². The van der Waals surface area contributed by atoms with Crippen molar-refractivity contribution in [1.82, 2.24) is 4.72 Å². The van der Waals surface area contributed by atoms with E-state index in [9.17, 15) is 13.2 Å². The summed E-state index contributed by atoms with van der Waals surface area (Å²) in [6.45, 7) is 2.32. The standard InChI is InChI=1S/C13H25NO4S/c1-3-4-9-19(16,17)14-10-11-7-5-6-8-12(11)13(15)18-2/h11-12,14H,3-10H2,1-2H3. The van der Waals surface area contributed by atoms with Crippen LogP contribution in [0.3, 0.4) is 0 Å². The Morgan fingerprint density at radius 2 is 2.00 bits per heavy atom. The monoisotopic (exact) mass is 291 g/mol. The summed E-state index contributed by atoms with van der Waals surface area (Å²) in [5, 5.41) is 0. The molecule has 2 atom stereocenters. The van der Waals surface area contributed by atoms with Crippen LogP contribution in [0, 0.1) is 11.8 Å². The highest BCUT2D eigenvalue weighted by Gasteiger charge is 2.32. The summed E-state index contributed by atoms with van der Waals surface area (Å²) >= 11 is 0. The van der Waals surface area contributed by atoms with Crippen LogP contribution in [0.5, 0.6) is 0 Å². The first kappa shape index (κ1) is 16.4. The summed E-state index contributed by atoms with van der Waals surface area (Å²) in [4.78, 5) is 11.7. The highest BCUT2D eigenvalue weighted by molar-refractivity contribution is 7.89. The molecule has 1 rings (SSSR count). The molecule has 1 aliphatic rings. The number of esters is 1. The van der Waals surface area contributed by atoms with Crippen LogP contribution in [0.25, 0.3) is 0 Å². The molecular weight excluding hydrogens is 266 g/mol. The molecular formula is C13H25NO4S. The fourth-order valence-corrected chi connectivity index (χ4v) is 3.84. The van der Waals surface area contributed by atoms with E-state index in [1.807, 2.05) is 6.92 Å². The second kappa shape index (κ2) is 7.85. The quantitative estimate of drug-likeness (QED) is 0.724. The number of methoxy groups -OCH3 is 1. The van der Waals surface area contributed by atoms with Crippen LogP contribution in [0.15, 0.2) is 0 Å². The Balaban J connectivity index is 2.51. The molecule has 0 heterocycles. The van der Waals surface area contributed by atoms with Crippen LogP contribution in [0.4, 0.5) is 0 Å². The van der Waals surface area contributed by atoms with Crippen LogP contribution in [-0.2, 0) is 19.6 Å². The Labute approximate surface area is 116 Å². The smallest absolute Gasteiger partial charge is 0.308 e. The van der Waals surface area contributed by atoms with E-state index < -0.39 is 10.0 Å². The largest absolute Gasteiger partial charge is 0.469 e. The van der Waals surface area contributed by atoms with E-state index in [0.29, 0.717) is 13.0 Å². The number of ether oxygens (including phenoxy) is 1. The Morgan fingerprint density at radius 1 is 1.32 bits per heavy atom. The normalized spacial score (nSPS) is 24.1. The maximum absolute atomic E-state index is 11.8. The van der Waals surface area contributed by atoms with Gasteiger partial charge in [-0.2, -0.15) is 0 Å². The zero-order valence-electron chi connectivity index (χ0n) is 11.9. The lowest BCUT2D eigenvalue weighted by Crippen LogP contribution is -2.38. The van der Waals surface area contributed by atoms with Gasteiger partial charge in [0.05, 0.1) is 18.8 Å². The molecule has 6 heteroatoms. The van der Waals surface area contributed by atoms with E-state index >= 15 is 0 Å². The number of nitrogens with one attached hydrogen (secondary N) is 1. The summed E-state index contributed by atoms with van der Waals surface area (Å²) in [6.07, 6.45) is 5.27. The predicted molar refractivity (Wildman–Crippen MR) is 74.2 cm³/mol. The third-order valence-electron chi connectivity index (χ3n) is 3.75. The van der Waals surface area contributed by atoms with Gasteiger partial charge in [0.15, 0.2) is 0 Å². The Bertz CT molecular complexity index is 380. The number of carbonyl (C=O) groups is 1. The zero-order valence-corrected chi connectivity index (χ0v) is 12.7. The van der Waals surface area contributed by atoms with Gasteiger partial charge in [0, 0.05) is 6.54 Å². The zero-order chi connectivity index (χ0) is 14.3. The van der Waals surface area contributed by atoms with E-state index in [1.54, 1.807) is 0 Å². The summed E-state index contributed by atoms with van der Waals surface area (Å²) < 4.78 is 30.9. The summed E-state index contributed by atoms with van der Waals surface area (Å²) in [5.74, 6) is -0.137. The number of hydrogen-bond donors (Lipinski definition) is 1. The van der Waals surface area contributed by atoms with Gasteiger partial charge in [-0.25, -0.2) is 13.1 Å². The molecule has 0 aromatic heterocycles. The molecule has 2 unspecified atom stereocenters. The van der Waals surface area contributed by atoms with Gasteiger partial charge in [-0.05, 0) is 25.2 Å². The van der Waals surface area contributed by atoms with Crippen molar-refractivity contribution in [3.05, 3.63) is 0 Å². The van der Waals surface area contributed by atoms with Gasteiger partial charge in [0.2, 0.25) is 10.0 Å². The first-order valence-corrected chi connectivity index (χ1v) is 8.70. The van der Waals surface area contributed by atoms with Crippen molar-refractivity contribution in [2.45, 2.75) is 45.4 Å². The molecule has 0 aromatic rings. The van der Waals surface area contributed by atoms with E-state index in [0.717, 1.165) is 32.1 Å². The maximum atomic E-state index is 11.8. The molecule has 5 nitrogen and oxygen atoms in total. The lowest BCUT2D eigenvalue weighted by Gasteiger charge is -2.29. The van der Waals surface area contributed by atoms with Crippen LogP contribution in [0.2, 0.25) is 0 Å². The molecule has 1 N–H and O–H groups in total. The lowest BCUT2D eigenvalue weighted by molar-refractivity contribution is -0.148. The third kappa shape index (κ3) is 5.48. The van der Waals surface area contributed by atoms with Gasteiger partial charge in [0.1, 0.15) is 0 Å². The molecule has 1 saturated carbocycles. The Kier molecular flexibility index (Phi) is 6.79. The van der Waals surface area contributed by atoms with E-state index in [1.165, 1.54) is 7.11 Å². The Hall–Kier alpha value is -0.620. The molecule has 0 radical (unpaired) electrons. The summed E-state index contributed by atoms with van der Waals surface area (Å²) in [6, 6.07) is 0. The van der Waals surface area contributed by atoms with Crippen molar-refractivity contribution >= 4 is 16.0 Å². The third-order valence-corrected chi connectivity index (χ3v) is 5.18. The van der Waals surface area contributed by atoms with Crippen molar-refractivity contribution in [2.75, 3.05) is 19.4 Å². The molecule has 0 amide bonds. The van der Waals surface area contributed by atoms with Crippen molar-refractivity contribution in [3.63, 3.8) is 0 Å². The molecule has 0 aromatic carbocycles. The van der Waals surface area contributed by atoms with Crippen molar-refractivity contribution in [2.24, 2.45) is 11.8 Å². The average Bonchev–Trinajstić information content (AvgIpc) is 2.42. The number of hydrogen-bond acceptors (Lipinski definition) is 4. The molecule has 1 aliphatic carbocycles. The molecule has 0 saturated heterocycles. The van der Waals surface area contributed by atoms with Crippen molar-refractivity contribution in [1.29, 1.82) is 0 Å². The van der Waals surface area contributed by atoms with Crippen LogP contribution >= 0.6 is 0 Å². The fourth-order valence-electron chi connectivity index (χ4n) is 2.55. The first-order valence-electron chi connectivity index (χ1n) is 7.05. The van der Waals surface area contributed by atoms with Crippen LogP contribution in [0.1, 0.15) is 45.4 Å². The summed E-state index contributed by atoms with van der Waals surface area (Å²) in [7, 11) is -1.81. The predicted octanol–water partition coefficient (Wildman–Crippen LogP) is 1.69. The first-order chi connectivity index (χ1) is 9.00. The molecule has 1 fully saturated rings. The van der Waals surface area contributed by atoms with Gasteiger partial charge in [-0.3, -0.25) is 4.79 Å². The fraction of sp³-hybridized carbons (Fsp3) is 0.923. The lowest BCUT2D eigenvalue weighted by atomic mass is 9.79. The number of sulfonamides is 1. The molecule has 112 valence electrons. The molecule has 0 bridgehead atoms. The van der Waals surface area contributed by atoms with Gasteiger partial charge in [-0.15, -0.1) is 0 Å². The van der Waals surface area contributed by atoms with Crippen molar-refractivity contribution in [3.8, 4) is 0 Å². The Morgan fingerprint density at radius 3 is 2.63 bits per heavy atom. The minimum absolute atomic E-state index is 0.0672. The van der Waals surface area contributed by atoms with Gasteiger partial charge in [-0.1, -0.05) is 26.2 Å².